The molecule has 3 aromatic heterocycles. The number of pyridine rings is 1. The van der Waals surface area contributed by atoms with Gasteiger partial charge in [0.2, 0.25) is 17.8 Å². The number of carbonyl (C=O) groups is 2. The minimum Gasteiger partial charge on any atom is -0.370 e. The molecule has 2 N–H and O–H groups in total. The summed E-state index contributed by atoms with van der Waals surface area (Å²) in [6, 6.07) is 11.5. The number of sulfone groups is 1. The molecular weight excluding hydrogens is 861 g/mol. The molecule has 1 spiro atoms. The number of nitrogens with one attached hydrogen (secondary N) is 2. The van der Waals surface area contributed by atoms with Crippen molar-refractivity contribution in [2.24, 2.45) is 12.5 Å². The van der Waals surface area contributed by atoms with Crippen LogP contribution in [0.2, 0.25) is 5.02 Å². The van der Waals surface area contributed by atoms with Crippen LogP contribution in [0, 0.1) is 12.3 Å². The number of piperidine rings is 3. The Hall–Kier alpha value is -5.13. The number of alkyl halides is 1. The number of likely N-dealkylation sites (tertiary alicyclic amines) is 1. The number of fused-ring (bicyclic) bond motifs is 2. The highest BCUT2D eigenvalue weighted by atomic mass is 35.5. The molecule has 18 heteroatoms. The summed E-state index contributed by atoms with van der Waals surface area (Å²) in [5, 5.41) is 5.94. The number of carbonyl (C=O) groups excluding carboxylic acids is 2. The van der Waals surface area contributed by atoms with Gasteiger partial charge in [0, 0.05) is 69.3 Å². The van der Waals surface area contributed by atoms with Crippen LogP contribution in [-0.4, -0.2) is 92.4 Å². The van der Waals surface area contributed by atoms with Gasteiger partial charge in [-0.05, 0) is 112 Å². The first-order valence-corrected chi connectivity index (χ1v) is 24.4. The second kappa shape index (κ2) is 16.1. The van der Waals surface area contributed by atoms with Crippen molar-refractivity contribution in [1.82, 2.24) is 33.9 Å². The third-order valence-corrected chi connectivity index (χ3v) is 17.4. The summed E-state index contributed by atoms with van der Waals surface area (Å²) >= 11 is 6.30. The van der Waals surface area contributed by atoms with Gasteiger partial charge < -0.3 is 15.1 Å². The summed E-state index contributed by atoms with van der Waals surface area (Å²) in [5.74, 6) is -0.520. The molecule has 15 nitrogen and oxygen atoms in total. The second-order valence-corrected chi connectivity index (χ2v) is 21.6. The highest BCUT2D eigenvalue weighted by Crippen LogP contribution is 2.53. The Kier molecular flexibility index (Phi) is 10.8. The molecule has 2 saturated carbocycles. The Bertz CT molecular complexity index is 2940. The standard InChI is InChI=1S/C46H53ClFN9O6S/c1-28-22-31(10-11-34(28)50-43-49-26-29-23-33(47)42(60)56(40(29)52-43)30-6-3-4-7-30)64(62,63)32-24-45(25-32)14-18-54(19-15-45)27-46(48)16-20-55(21-17-46)35-8-5-9-36-39(35)53(2)44(61)57(36)37-12-13-38(58)51-41(37)59/h5,8-11,22-23,26,30,32,37H,3-4,6-7,12-21,24-25,27H2,1-2H3,(H,49,50,52)(H,51,58,59). The number of benzene rings is 2. The molecule has 0 radical (unpaired) electrons. The molecular formula is C46H53ClFN9O6S. The number of anilines is 3. The molecule has 0 bridgehead atoms. The number of nitrogens with zero attached hydrogens (tertiary/aromatic N) is 7. The van der Waals surface area contributed by atoms with Crippen LogP contribution in [0.4, 0.5) is 21.7 Å². The molecule has 2 aliphatic carbocycles. The number of para-hydroxylation sites is 1. The van der Waals surface area contributed by atoms with Gasteiger partial charge >= 0.3 is 5.69 Å². The van der Waals surface area contributed by atoms with E-state index in [0.29, 0.717) is 79.0 Å². The Morgan fingerprint density at radius 1 is 0.938 bits per heavy atom. The highest BCUT2D eigenvalue weighted by molar-refractivity contribution is 7.92. The number of imidazole rings is 1. The van der Waals surface area contributed by atoms with E-state index in [1.807, 2.05) is 25.1 Å². The number of aromatic nitrogens is 5. The number of rotatable bonds is 9. The Morgan fingerprint density at radius 3 is 2.38 bits per heavy atom. The van der Waals surface area contributed by atoms with E-state index in [1.165, 1.54) is 4.57 Å². The van der Waals surface area contributed by atoms with Gasteiger partial charge in [-0.3, -0.25) is 33.4 Å². The normalized spacial score (nSPS) is 22.1. The predicted molar refractivity (Wildman–Crippen MR) is 243 cm³/mol. The fourth-order valence-corrected chi connectivity index (χ4v) is 13.6. The van der Waals surface area contributed by atoms with Gasteiger partial charge in [-0.15, -0.1) is 0 Å². The van der Waals surface area contributed by atoms with E-state index in [4.69, 9.17) is 16.6 Å². The fraction of sp³-hybridized carbons (Fsp3) is 0.522. The largest absolute Gasteiger partial charge is 0.370 e. The van der Waals surface area contributed by atoms with Crippen molar-refractivity contribution in [3.05, 3.63) is 80.1 Å². The SMILES string of the molecule is Cc1cc(S(=O)(=O)C2CC3(CCN(CC4(F)CCN(c5cccc6c5n(C)c(=O)n6C5CCC(=O)NC5=O)CC4)CC3)C2)ccc1Nc1ncc2cc(Cl)c(=O)n(C3CCCC3)c2n1. The van der Waals surface area contributed by atoms with Gasteiger partial charge in [0.25, 0.3) is 5.56 Å². The average molecular weight is 915 g/mol. The molecule has 6 heterocycles. The lowest BCUT2D eigenvalue weighted by atomic mass is 9.63. The summed E-state index contributed by atoms with van der Waals surface area (Å²) in [7, 11) is -1.90. The molecule has 3 aliphatic heterocycles. The number of halogens is 2. The van der Waals surface area contributed by atoms with Crippen LogP contribution >= 0.6 is 11.6 Å². The molecule has 2 amide bonds. The van der Waals surface area contributed by atoms with Crippen LogP contribution in [0.5, 0.6) is 0 Å². The van der Waals surface area contributed by atoms with Crippen LogP contribution in [0.1, 0.15) is 94.7 Å². The number of imide groups is 1. The summed E-state index contributed by atoms with van der Waals surface area (Å²) in [6.45, 7) is 4.56. The number of aryl methyl sites for hydroxylation is 2. The van der Waals surface area contributed by atoms with E-state index >= 15 is 4.39 Å². The highest BCUT2D eigenvalue weighted by Gasteiger charge is 2.52. The summed E-state index contributed by atoms with van der Waals surface area (Å²) in [4.78, 5) is 64.9. The number of hydrogen-bond donors (Lipinski definition) is 2. The summed E-state index contributed by atoms with van der Waals surface area (Å²) in [5.41, 5.74) is 2.00. The zero-order valence-electron chi connectivity index (χ0n) is 36.1. The lowest BCUT2D eigenvalue weighted by Crippen LogP contribution is -2.54. The Balaban J connectivity index is 0.742. The van der Waals surface area contributed by atoms with Gasteiger partial charge in [-0.2, -0.15) is 4.98 Å². The monoisotopic (exact) mass is 913 g/mol. The van der Waals surface area contributed by atoms with E-state index < -0.39 is 32.7 Å². The van der Waals surface area contributed by atoms with Crippen LogP contribution in [0.25, 0.3) is 22.1 Å². The molecule has 2 aromatic carbocycles. The molecule has 3 saturated heterocycles. The first-order chi connectivity index (χ1) is 30.6. The van der Waals surface area contributed by atoms with Gasteiger partial charge in [-0.1, -0.05) is 30.5 Å². The zero-order chi connectivity index (χ0) is 44.7. The van der Waals surface area contributed by atoms with Crippen molar-refractivity contribution in [2.75, 3.05) is 42.9 Å². The number of hydrogen-bond acceptors (Lipinski definition) is 11. The van der Waals surface area contributed by atoms with Crippen molar-refractivity contribution >= 4 is 72.6 Å². The quantitative estimate of drug-likeness (QED) is 0.160. The Labute approximate surface area is 374 Å². The first kappa shape index (κ1) is 42.8. The lowest BCUT2D eigenvalue weighted by Gasteiger charge is -2.52. The van der Waals surface area contributed by atoms with E-state index in [2.05, 4.69) is 25.4 Å². The van der Waals surface area contributed by atoms with E-state index in [0.717, 1.165) is 62.9 Å². The van der Waals surface area contributed by atoms with Gasteiger partial charge in [0.1, 0.15) is 22.4 Å². The third-order valence-electron chi connectivity index (χ3n) is 15.0. The molecule has 5 fully saturated rings. The first-order valence-electron chi connectivity index (χ1n) is 22.5. The summed E-state index contributed by atoms with van der Waals surface area (Å²) in [6.07, 6.45) is 9.42. The number of amides is 2. The smallest absolute Gasteiger partial charge is 0.329 e. The van der Waals surface area contributed by atoms with Gasteiger partial charge in [0.05, 0.1) is 26.9 Å². The minimum absolute atomic E-state index is 0.0320. The molecule has 5 aromatic rings. The van der Waals surface area contributed by atoms with Crippen LogP contribution in [0.3, 0.4) is 0 Å². The molecule has 1 atom stereocenters. The molecule has 1 unspecified atom stereocenters. The van der Waals surface area contributed by atoms with E-state index in [9.17, 15) is 27.6 Å². The maximum atomic E-state index is 16.6. The van der Waals surface area contributed by atoms with Crippen LogP contribution < -0.4 is 26.8 Å². The van der Waals surface area contributed by atoms with Gasteiger partial charge in [-0.25, -0.2) is 22.6 Å². The fourth-order valence-electron chi connectivity index (χ4n) is 11.2. The lowest BCUT2D eigenvalue weighted by molar-refractivity contribution is -0.135. The Morgan fingerprint density at radius 2 is 1.67 bits per heavy atom. The molecule has 64 heavy (non-hydrogen) atoms. The average Bonchev–Trinajstić information content (AvgIpc) is 3.88. The van der Waals surface area contributed by atoms with E-state index in [1.54, 1.807) is 46.6 Å². The minimum atomic E-state index is -3.58. The van der Waals surface area contributed by atoms with Crippen LogP contribution in [-0.2, 0) is 26.5 Å². The van der Waals surface area contributed by atoms with Crippen LogP contribution in [0.15, 0.2) is 63.1 Å². The predicted octanol–water partition coefficient (Wildman–Crippen LogP) is 6.27. The molecule has 338 valence electrons. The topological polar surface area (TPSA) is 174 Å². The van der Waals surface area contributed by atoms with E-state index in [-0.39, 0.29) is 51.4 Å². The molecule has 10 rings (SSSR count). The van der Waals surface area contributed by atoms with Crippen molar-refractivity contribution in [2.45, 2.75) is 112 Å². The second-order valence-electron chi connectivity index (χ2n) is 19.0. The summed E-state index contributed by atoms with van der Waals surface area (Å²) < 4.78 is 49.1. The van der Waals surface area contributed by atoms with Crippen molar-refractivity contribution in [3.63, 3.8) is 0 Å². The van der Waals surface area contributed by atoms with Crippen molar-refractivity contribution in [3.8, 4) is 0 Å². The van der Waals surface area contributed by atoms with Crippen molar-refractivity contribution in [1.29, 1.82) is 0 Å². The third kappa shape index (κ3) is 7.50. The maximum absolute atomic E-state index is 16.6. The maximum Gasteiger partial charge on any atom is 0.329 e. The molecule has 5 aliphatic rings. The van der Waals surface area contributed by atoms with Crippen molar-refractivity contribution < 1.29 is 22.4 Å². The van der Waals surface area contributed by atoms with Gasteiger partial charge in [0.15, 0.2) is 9.84 Å². The zero-order valence-corrected chi connectivity index (χ0v) is 37.7.